The maximum Gasteiger partial charge on any atom is 0.275 e. The molecule has 2 N–H and O–H groups in total. The Morgan fingerprint density at radius 1 is 1.37 bits per heavy atom. The monoisotopic (exact) mass is 260 g/mol. The number of benzene rings is 1. The Hall–Kier alpha value is -1.86. The highest BCUT2D eigenvalue weighted by molar-refractivity contribution is 5.77. The molecule has 1 rings (SSSR count). The first-order valence-corrected chi connectivity index (χ1v) is 6.42. The number of nitrogens with one attached hydrogen (secondary N) is 2. The number of carbonyl (C=O) groups is 1. The number of rotatable bonds is 4. The highest BCUT2D eigenvalue weighted by atomic mass is 16.2. The van der Waals surface area contributed by atoms with Crippen LogP contribution in [0.5, 0.6) is 0 Å². The molecule has 4 nitrogen and oxygen atoms in total. The topological polar surface area (TPSA) is 57.3 Å². The van der Waals surface area contributed by atoms with Crippen molar-refractivity contribution in [3.8, 4) is 6.07 Å². The summed E-state index contributed by atoms with van der Waals surface area (Å²) in [6.07, 6.45) is 0. The zero-order chi connectivity index (χ0) is 14.5. The van der Waals surface area contributed by atoms with Gasteiger partial charge in [-0.05, 0) is 26.8 Å². The van der Waals surface area contributed by atoms with Crippen molar-refractivity contribution in [2.24, 2.45) is 0 Å². The van der Waals surface area contributed by atoms with Gasteiger partial charge in [-0.2, -0.15) is 5.26 Å². The molecule has 1 unspecified atom stereocenters. The summed E-state index contributed by atoms with van der Waals surface area (Å²) >= 11 is 0. The van der Waals surface area contributed by atoms with Gasteiger partial charge in [0.05, 0.1) is 18.7 Å². The van der Waals surface area contributed by atoms with E-state index < -0.39 is 0 Å². The number of amides is 1. The Kier molecular flexibility index (Phi) is 5.08. The summed E-state index contributed by atoms with van der Waals surface area (Å²) in [5, 5.41) is 12.0. The molecule has 102 valence electrons. The van der Waals surface area contributed by atoms with Crippen LogP contribution in [-0.4, -0.2) is 25.0 Å². The molecule has 1 amide bonds. The lowest BCUT2D eigenvalue weighted by atomic mass is 10.1. The molecule has 0 heterocycles. The fourth-order valence-corrected chi connectivity index (χ4v) is 1.91. The van der Waals surface area contributed by atoms with Crippen LogP contribution in [0.3, 0.4) is 0 Å². The molecule has 0 aromatic heterocycles. The lowest BCUT2D eigenvalue weighted by molar-refractivity contribution is -0.885. The number of likely N-dealkylation sites (N-methyl/N-ethyl adjacent to an activating group) is 1. The van der Waals surface area contributed by atoms with E-state index >= 15 is 0 Å². The summed E-state index contributed by atoms with van der Waals surface area (Å²) in [6, 6.07) is 9.68. The SMILES string of the molecule is C[NH+](CC(=O)NC(C)(C)C)Cc1ccccc1C#N. The van der Waals surface area contributed by atoms with Crippen molar-refractivity contribution in [1.29, 1.82) is 5.26 Å². The van der Waals surface area contributed by atoms with Gasteiger partial charge in [0.25, 0.3) is 5.91 Å². The van der Waals surface area contributed by atoms with Gasteiger partial charge in [0.2, 0.25) is 0 Å². The summed E-state index contributed by atoms with van der Waals surface area (Å²) in [4.78, 5) is 12.9. The molecule has 1 aromatic rings. The van der Waals surface area contributed by atoms with Crippen LogP contribution in [0.15, 0.2) is 24.3 Å². The quantitative estimate of drug-likeness (QED) is 0.827. The van der Waals surface area contributed by atoms with Gasteiger partial charge in [-0.3, -0.25) is 4.79 Å². The van der Waals surface area contributed by atoms with Gasteiger partial charge in [-0.15, -0.1) is 0 Å². The van der Waals surface area contributed by atoms with Gasteiger partial charge >= 0.3 is 0 Å². The van der Waals surface area contributed by atoms with Crippen molar-refractivity contribution in [3.05, 3.63) is 35.4 Å². The molecule has 0 aliphatic heterocycles. The molecule has 0 aliphatic carbocycles. The lowest BCUT2D eigenvalue weighted by Crippen LogP contribution is -3.09. The van der Waals surface area contributed by atoms with Gasteiger partial charge in [0.15, 0.2) is 6.54 Å². The molecular weight excluding hydrogens is 238 g/mol. The molecule has 19 heavy (non-hydrogen) atoms. The lowest BCUT2D eigenvalue weighted by Gasteiger charge is -2.22. The fourth-order valence-electron chi connectivity index (χ4n) is 1.91. The van der Waals surface area contributed by atoms with E-state index in [0.29, 0.717) is 18.7 Å². The van der Waals surface area contributed by atoms with Crippen LogP contribution in [0.25, 0.3) is 0 Å². The summed E-state index contributed by atoms with van der Waals surface area (Å²) in [5.74, 6) is 0.0273. The largest absolute Gasteiger partial charge is 0.347 e. The van der Waals surface area contributed by atoms with Gasteiger partial charge in [-0.25, -0.2) is 0 Å². The molecule has 1 aromatic carbocycles. The third-order valence-electron chi connectivity index (χ3n) is 2.61. The number of quaternary nitrogens is 1. The van der Waals surface area contributed by atoms with E-state index in [2.05, 4.69) is 11.4 Å². The molecule has 1 atom stereocenters. The van der Waals surface area contributed by atoms with Gasteiger partial charge in [0, 0.05) is 11.1 Å². The molecular formula is C15H22N3O+. The zero-order valence-corrected chi connectivity index (χ0v) is 12.1. The molecule has 0 saturated heterocycles. The van der Waals surface area contributed by atoms with Crippen molar-refractivity contribution in [2.75, 3.05) is 13.6 Å². The Bertz CT molecular complexity index is 483. The first-order chi connectivity index (χ1) is 8.81. The van der Waals surface area contributed by atoms with Crippen LogP contribution in [-0.2, 0) is 11.3 Å². The Labute approximate surface area is 115 Å². The molecule has 4 heteroatoms. The van der Waals surface area contributed by atoms with Gasteiger partial charge in [0.1, 0.15) is 6.54 Å². The standard InChI is InChI=1S/C15H21N3O/c1-15(2,3)17-14(19)11-18(4)10-13-8-6-5-7-12(13)9-16/h5-8H,10-11H2,1-4H3,(H,17,19)/p+1. The van der Waals surface area contributed by atoms with E-state index in [-0.39, 0.29) is 11.4 Å². The second-order valence-corrected chi connectivity index (χ2v) is 5.88. The molecule has 0 radical (unpaired) electrons. The molecule has 0 bridgehead atoms. The van der Waals surface area contributed by atoms with Crippen molar-refractivity contribution < 1.29 is 9.69 Å². The third-order valence-corrected chi connectivity index (χ3v) is 2.61. The van der Waals surface area contributed by atoms with Crippen LogP contribution in [0, 0.1) is 11.3 Å². The van der Waals surface area contributed by atoms with Crippen molar-refractivity contribution in [1.82, 2.24) is 5.32 Å². The van der Waals surface area contributed by atoms with E-state index in [9.17, 15) is 4.79 Å². The predicted molar refractivity (Wildman–Crippen MR) is 74.5 cm³/mol. The number of nitriles is 1. The fraction of sp³-hybridized carbons (Fsp3) is 0.467. The van der Waals surface area contributed by atoms with E-state index in [1.807, 2.05) is 46.0 Å². The number of hydrogen-bond acceptors (Lipinski definition) is 2. The molecule has 0 spiro atoms. The van der Waals surface area contributed by atoms with Crippen LogP contribution < -0.4 is 10.2 Å². The summed E-state index contributed by atoms with van der Waals surface area (Å²) in [6.45, 7) is 6.96. The number of hydrogen-bond donors (Lipinski definition) is 2. The second kappa shape index (κ2) is 6.35. The summed E-state index contributed by atoms with van der Waals surface area (Å²) in [7, 11) is 1.95. The van der Waals surface area contributed by atoms with E-state index in [1.54, 1.807) is 6.07 Å². The van der Waals surface area contributed by atoms with E-state index in [1.165, 1.54) is 0 Å². The minimum absolute atomic E-state index is 0.0273. The Balaban J connectivity index is 2.59. The van der Waals surface area contributed by atoms with E-state index in [4.69, 9.17) is 5.26 Å². The number of nitrogens with zero attached hydrogens (tertiary/aromatic N) is 1. The van der Waals surface area contributed by atoms with E-state index in [0.717, 1.165) is 10.5 Å². The average molecular weight is 260 g/mol. The maximum absolute atomic E-state index is 11.8. The number of carbonyl (C=O) groups excluding carboxylic acids is 1. The minimum Gasteiger partial charge on any atom is -0.347 e. The maximum atomic E-state index is 11.8. The normalized spacial score (nSPS) is 12.6. The average Bonchev–Trinajstić information content (AvgIpc) is 2.26. The highest BCUT2D eigenvalue weighted by Gasteiger charge is 2.17. The second-order valence-electron chi connectivity index (χ2n) is 5.88. The van der Waals surface area contributed by atoms with Crippen LogP contribution in [0.2, 0.25) is 0 Å². The Morgan fingerprint density at radius 3 is 2.58 bits per heavy atom. The Morgan fingerprint density at radius 2 is 2.00 bits per heavy atom. The van der Waals surface area contributed by atoms with Crippen molar-refractivity contribution >= 4 is 5.91 Å². The van der Waals surface area contributed by atoms with Crippen molar-refractivity contribution in [3.63, 3.8) is 0 Å². The first-order valence-electron chi connectivity index (χ1n) is 6.42. The molecule has 0 aliphatic rings. The highest BCUT2D eigenvalue weighted by Crippen LogP contribution is 2.05. The van der Waals surface area contributed by atoms with Crippen molar-refractivity contribution in [2.45, 2.75) is 32.9 Å². The molecule has 0 fully saturated rings. The molecule has 0 saturated carbocycles. The van der Waals surface area contributed by atoms with Crippen LogP contribution >= 0.6 is 0 Å². The smallest absolute Gasteiger partial charge is 0.275 e. The summed E-state index contributed by atoms with van der Waals surface area (Å²) in [5.41, 5.74) is 1.45. The zero-order valence-electron chi connectivity index (χ0n) is 12.1. The predicted octanol–water partition coefficient (Wildman–Crippen LogP) is 0.488. The van der Waals surface area contributed by atoms with Gasteiger partial charge in [-0.1, -0.05) is 18.2 Å². The van der Waals surface area contributed by atoms with Gasteiger partial charge < -0.3 is 10.2 Å². The minimum atomic E-state index is -0.206. The van der Waals surface area contributed by atoms with Crippen LogP contribution in [0.1, 0.15) is 31.9 Å². The first kappa shape index (κ1) is 15.2. The summed E-state index contributed by atoms with van der Waals surface area (Å²) < 4.78 is 0. The van der Waals surface area contributed by atoms with Crippen LogP contribution in [0.4, 0.5) is 0 Å². The third kappa shape index (κ3) is 5.54.